The van der Waals surface area contributed by atoms with Gasteiger partial charge in [-0.3, -0.25) is 4.79 Å². The van der Waals surface area contributed by atoms with E-state index in [0.717, 1.165) is 23.7 Å². The lowest BCUT2D eigenvalue weighted by Gasteiger charge is -2.25. The highest BCUT2D eigenvalue weighted by Crippen LogP contribution is 2.35. The Morgan fingerprint density at radius 1 is 1.56 bits per heavy atom. The molecule has 5 heteroatoms. The number of ether oxygens (including phenoxy) is 1. The molecule has 1 saturated heterocycles. The number of carbonyl (C=O) groups is 1. The predicted molar refractivity (Wildman–Crippen MR) is 65.8 cm³/mol. The summed E-state index contributed by atoms with van der Waals surface area (Å²) in [6, 6.07) is 7.67. The van der Waals surface area contributed by atoms with Gasteiger partial charge in [-0.25, -0.2) is 0 Å². The number of hydrogen-bond acceptors (Lipinski definition) is 4. The van der Waals surface area contributed by atoms with Crippen LogP contribution < -0.4 is 15.4 Å². The molecule has 1 aromatic rings. The van der Waals surface area contributed by atoms with E-state index < -0.39 is 0 Å². The molecule has 1 amide bonds. The molecule has 1 aliphatic heterocycles. The van der Waals surface area contributed by atoms with Gasteiger partial charge in [-0.15, -0.1) is 11.8 Å². The number of carbonyl (C=O) groups excluding carboxylic acids is 1. The van der Waals surface area contributed by atoms with Gasteiger partial charge in [0.15, 0.2) is 5.37 Å². The molecular weight excluding hydrogens is 224 g/mol. The first kappa shape index (κ1) is 11.1. The maximum Gasteiger partial charge on any atom is 0.250 e. The first-order valence-corrected chi connectivity index (χ1v) is 6.09. The lowest BCUT2D eigenvalue weighted by molar-refractivity contribution is -0.117. The Balaban J connectivity index is 2.32. The first-order valence-electron chi connectivity index (χ1n) is 5.04. The molecule has 0 aliphatic carbocycles. The molecule has 86 valence electrons. The minimum absolute atomic E-state index is 0.281. The van der Waals surface area contributed by atoms with Gasteiger partial charge < -0.3 is 15.4 Å². The smallest absolute Gasteiger partial charge is 0.250 e. The quantitative estimate of drug-likeness (QED) is 0.855. The van der Waals surface area contributed by atoms with Crippen molar-refractivity contribution in [3.8, 4) is 5.75 Å². The number of anilines is 1. The summed E-state index contributed by atoms with van der Waals surface area (Å²) in [5.41, 5.74) is 6.30. The SMILES string of the molecule is COc1ccccc1N1CCS[C@@H]1C(N)=O. The second kappa shape index (κ2) is 4.65. The second-order valence-electron chi connectivity index (χ2n) is 3.49. The Morgan fingerprint density at radius 3 is 3.00 bits per heavy atom. The molecule has 0 bridgehead atoms. The van der Waals surface area contributed by atoms with Crippen molar-refractivity contribution in [1.82, 2.24) is 0 Å². The van der Waals surface area contributed by atoms with Crippen molar-refractivity contribution in [2.45, 2.75) is 5.37 Å². The van der Waals surface area contributed by atoms with Crippen LogP contribution in [0.15, 0.2) is 24.3 Å². The Kier molecular flexibility index (Phi) is 3.24. The topological polar surface area (TPSA) is 55.6 Å². The van der Waals surface area contributed by atoms with Crippen molar-refractivity contribution in [2.75, 3.05) is 24.3 Å². The molecule has 0 radical (unpaired) electrons. The third-order valence-corrected chi connectivity index (χ3v) is 3.75. The Bertz CT molecular complexity index is 397. The minimum atomic E-state index is -0.298. The Morgan fingerprint density at radius 2 is 2.31 bits per heavy atom. The number of nitrogens with zero attached hydrogens (tertiary/aromatic N) is 1. The standard InChI is InChI=1S/C11H14N2O2S/c1-15-9-5-3-2-4-8(9)13-6-7-16-11(13)10(12)14/h2-5,11H,6-7H2,1H3,(H2,12,14)/t11-/m1/s1. The van der Waals surface area contributed by atoms with Crippen LogP contribution in [-0.4, -0.2) is 30.7 Å². The molecule has 1 aliphatic rings. The molecule has 0 unspecified atom stereocenters. The van der Waals surface area contributed by atoms with E-state index in [9.17, 15) is 4.79 Å². The summed E-state index contributed by atoms with van der Waals surface area (Å²) in [6.07, 6.45) is 0. The van der Waals surface area contributed by atoms with E-state index in [1.54, 1.807) is 18.9 Å². The highest BCUT2D eigenvalue weighted by molar-refractivity contribution is 8.01. The van der Waals surface area contributed by atoms with Gasteiger partial charge in [0.25, 0.3) is 5.91 Å². The summed E-state index contributed by atoms with van der Waals surface area (Å²) in [7, 11) is 1.63. The summed E-state index contributed by atoms with van der Waals surface area (Å²) in [4.78, 5) is 13.3. The number of methoxy groups -OCH3 is 1. The van der Waals surface area contributed by atoms with Crippen molar-refractivity contribution < 1.29 is 9.53 Å². The summed E-state index contributed by atoms with van der Waals surface area (Å²) in [5.74, 6) is 1.38. The lowest BCUT2D eigenvalue weighted by atomic mass is 10.2. The monoisotopic (exact) mass is 238 g/mol. The summed E-state index contributed by atoms with van der Waals surface area (Å²) in [6.45, 7) is 0.818. The van der Waals surface area contributed by atoms with Gasteiger partial charge in [0.05, 0.1) is 12.8 Å². The van der Waals surface area contributed by atoms with Gasteiger partial charge in [-0.1, -0.05) is 12.1 Å². The molecule has 1 fully saturated rings. The van der Waals surface area contributed by atoms with E-state index in [2.05, 4.69) is 0 Å². The van der Waals surface area contributed by atoms with Crippen LogP contribution in [-0.2, 0) is 4.79 Å². The number of primary amides is 1. The fraction of sp³-hybridized carbons (Fsp3) is 0.364. The third kappa shape index (κ3) is 1.95. The van der Waals surface area contributed by atoms with E-state index in [-0.39, 0.29) is 11.3 Å². The third-order valence-electron chi connectivity index (χ3n) is 2.53. The maximum atomic E-state index is 11.3. The zero-order valence-electron chi connectivity index (χ0n) is 9.05. The molecule has 16 heavy (non-hydrogen) atoms. The predicted octanol–water partition coefficient (Wildman–Crippen LogP) is 1.06. The van der Waals surface area contributed by atoms with Gasteiger partial charge >= 0.3 is 0 Å². The number of para-hydroxylation sites is 2. The number of nitrogens with two attached hydrogens (primary N) is 1. The molecular formula is C11H14N2O2S. The lowest BCUT2D eigenvalue weighted by Crippen LogP contribution is -2.38. The molecule has 2 rings (SSSR count). The highest BCUT2D eigenvalue weighted by Gasteiger charge is 2.31. The van der Waals surface area contributed by atoms with Gasteiger partial charge in [-0.2, -0.15) is 0 Å². The van der Waals surface area contributed by atoms with E-state index in [1.165, 1.54) is 0 Å². The van der Waals surface area contributed by atoms with E-state index in [0.29, 0.717) is 0 Å². The molecule has 1 heterocycles. The molecule has 1 aromatic carbocycles. The fourth-order valence-electron chi connectivity index (χ4n) is 1.82. The fourth-order valence-corrected chi connectivity index (χ4v) is 2.91. The van der Waals surface area contributed by atoms with Gasteiger partial charge in [0.1, 0.15) is 5.75 Å². The largest absolute Gasteiger partial charge is 0.495 e. The van der Waals surface area contributed by atoms with Crippen LogP contribution in [0.4, 0.5) is 5.69 Å². The van der Waals surface area contributed by atoms with Crippen LogP contribution in [0.1, 0.15) is 0 Å². The highest BCUT2D eigenvalue weighted by atomic mass is 32.2. The zero-order chi connectivity index (χ0) is 11.5. The number of amides is 1. The molecule has 0 saturated carbocycles. The molecule has 4 nitrogen and oxygen atoms in total. The normalized spacial score (nSPS) is 19.8. The van der Waals surface area contributed by atoms with Crippen molar-refractivity contribution >= 4 is 23.4 Å². The zero-order valence-corrected chi connectivity index (χ0v) is 9.87. The van der Waals surface area contributed by atoms with Crippen LogP contribution in [0.5, 0.6) is 5.75 Å². The van der Waals surface area contributed by atoms with Crippen LogP contribution in [0.3, 0.4) is 0 Å². The van der Waals surface area contributed by atoms with E-state index >= 15 is 0 Å². The number of thioether (sulfide) groups is 1. The van der Waals surface area contributed by atoms with Crippen molar-refractivity contribution in [1.29, 1.82) is 0 Å². The van der Waals surface area contributed by atoms with Crippen LogP contribution >= 0.6 is 11.8 Å². The Hall–Kier alpha value is -1.36. The molecule has 0 aromatic heterocycles. The summed E-state index contributed by atoms with van der Waals surface area (Å²) >= 11 is 1.57. The van der Waals surface area contributed by atoms with Crippen LogP contribution in [0.25, 0.3) is 0 Å². The van der Waals surface area contributed by atoms with E-state index in [4.69, 9.17) is 10.5 Å². The Labute approximate surface area is 98.7 Å². The van der Waals surface area contributed by atoms with Gasteiger partial charge in [0, 0.05) is 12.3 Å². The molecule has 0 spiro atoms. The van der Waals surface area contributed by atoms with Crippen molar-refractivity contribution in [2.24, 2.45) is 5.73 Å². The number of hydrogen-bond donors (Lipinski definition) is 1. The van der Waals surface area contributed by atoms with Gasteiger partial charge in [0.2, 0.25) is 0 Å². The number of rotatable bonds is 3. The van der Waals surface area contributed by atoms with Crippen molar-refractivity contribution in [3.63, 3.8) is 0 Å². The van der Waals surface area contributed by atoms with Crippen molar-refractivity contribution in [3.05, 3.63) is 24.3 Å². The average Bonchev–Trinajstić information content (AvgIpc) is 2.77. The molecule has 2 N–H and O–H groups in total. The summed E-state index contributed by atoms with van der Waals surface area (Å²) in [5, 5.41) is -0.281. The van der Waals surface area contributed by atoms with Crippen LogP contribution in [0, 0.1) is 0 Å². The van der Waals surface area contributed by atoms with Crippen LogP contribution in [0.2, 0.25) is 0 Å². The molecule has 1 atom stereocenters. The second-order valence-corrected chi connectivity index (χ2v) is 4.68. The minimum Gasteiger partial charge on any atom is -0.495 e. The summed E-state index contributed by atoms with van der Waals surface area (Å²) < 4.78 is 5.28. The number of benzene rings is 1. The average molecular weight is 238 g/mol. The maximum absolute atomic E-state index is 11.3. The van der Waals surface area contributed by atoms with Gasteiger partial charge in [-0.05, 0) is 12.1 Å². The van der Waals surface area contributed by atoms with E-state index in [1.807, 2.05) is 29.2 Å². The first-order chi connectivity index (χ1) is 7.74.